The molecule has 3 rings (SSSR count). The molecule has 0 aliphatic heterocycles. The minimum Gasteiger partial charge on any atom is -0.369 e. The lowest BCUT2D eigenvalue weighted by Crippen LogP contribution is -2.20. The van der Waals surface area contributed by atoms with Crippen molar-refractivity contribution >= 4 is 11.6 Å². The molecule has 5 heteroatoms. The summed E-state index contributed by atoms with van der Waals surface area (Å²) in [5, 5.41) is 3.54. The van der Waals surface area contributed by atoms with E-state index in [1.54, 1.807) is 6.33 Å². The maximum absolute atomic E-state index is 5.50. The highest BCUT2D eigenvalue weighted by atomic mass is 15.3. The first-order chi connectivity index (χ1) is 9.33. The molecule has 0 spiro atoms. The first-order valence-electron chi connectivity index (χ1n) is 7.37. The lowest BCUT2D eigenvalue weighted by molar-refractivity contribution is 0.427. The zero-order chi connectivity index (χ0) is 13.2. The minimum atomic E-state index is 0.731. The molecule has 0 amide bonds. The van der Waals surface area contributed by atoms with Crippen LogP contribution in [0.15, 0.2) is 6.33 Å². The summed E-state index contributed by atoms with van der Waals surface area (Å²) in [4.78, 5) is 8.54. The number of hydrazine groups is 1. The van der Waals surface area contributed by atoms with E-state index in [0.29, 0.717) is 0 Å². The fourth-order valence-corrected chi connectivity index (χ4v) is 3.01. The second kappa shape index (κ2) is 5.33. The van der Waals surface area contributed by atoms with Gasteiger partial charge in [-0.25, -0.2) is 15.8 Å². The Kier molecular flexibility index (Phi) is 3.55. The summed E-state index contributed by atoms with van der Waals surface area (Å²) >= 11 is 0. The number of hydrogen-bond acceptors (Lipinski definition) is 5. The largest absolute Gasteiger partial charge is 0.369 e. The van der Waals surface area contributed by atoms with E-state index < -0.39 is 0 Å². The van der Waals surface area contributed by atoms with Crippen molar-refractivity contribution in [2.24, 2.45) is 23.6 Å². The Labute approximate surface area is 114 Å². The van der Waals surface area contributed by atoms with Gasteiger partial charge in [0.25, 0.3) is 0 Å². The average molecular weight is 261 g/mol. The monoisotopic (exact) mass is 261 g/mol. The summed E-state index contributed by atoms with van der Waals surface area (Å²) in [5.41, 5.74) is 3.73. The van der Waals surface area contributed by atoms with Gasteiger partial charge in [-0.2, -0.15) is 0 Å². The van der Waals surface area contributed by atoms with Crippen LogP contribution in [0.5, 0.6) is 0 Å². The average Bonchev–Trinajstić information content (AvgIpc) is 3.30. The normalized spacial score (nSPS) is 18.7. The van der Waals surface area contributed by atoms with Crippen molar-refractivity contribution in [2.75, 3.05) is 17.3 Å². The van der Waals surface area contributed by atoms with E-state index in [4.69, 9.17) is 5.84 Å². The molecule has 104 valence electrons. The van der Waals surface area contributed by atoms with Gasteiger partial charge in [-0.3, -0.25) is 0 Å². The van der Waals surface area contributed by atoms with Gasteiger partial charge >= 0.3 is 0 Å². The van der Waals surface area contributed by atoms with Crippen LogP contribution in [0.2, 0.25) is 0 Å². The number of hydrogen-bond donors (Lipinski definition) is 3. The zero-order valence-corrected chi connectivity index (χ0v) is 11.5. The first-order valence-corrected chi connectivity index (χ1v) is 7.37. The van der Waals surface area contributed by atoms with Crippen molar-refractivity contribution in [3.05, 3.63) is 11.9 Å². The number of nitrogen functional groups attached to an aromatic ring is 1. The van der Waals surface area contributed by atoms with Gasteiger partial charge in [0.05, 0.1) is 0 Å². The van der Waals surface area contributed by atoms with E-state index in [0.717, 1.165) is 47.9 Å². The Morgan fingerprint density at radius 1 is 1.21 bits per heavy atom. The molecule has 4 N–H and O–H groups in total. The number of anilines is 2. The first kappa shape index (κ1) is 12.7. The zero-order valence-electron chi connectivity index (χ0n) is 11.5. The Morgan fingerprint density at radius 2 is 1.84 bits per heavy atom. The predicted molar refractivity (Wildman–Crippen MR) is 76.6 cm³/mol. The molecule has 2 saturated carbocycles. The summed E-state index contributed by atoms with van der Waals surface area (Å²) < 4.78 is 0. The third-order valence-electron chi connectivity index (χ3n) is 4.40. The lowest BCUT2D eigenvalue weighted by Gasteiger charge is -2.18. The van der Waals surface area contributed by atoms with Gasteiger partial charge in [-0.05, 0) is 49.9 Å². The number of nitrogens with one attached hydrogen (secondary N) is 2. The molecule has 0 bridgehead atoms. The van der Waals surface area contributed by atoms with Gasteiger partial charge in [-0.1, -0.05) is 6.92 Å². The smallest absolute Gasteiger partial charge is 0.148 e. The van der Waals surface area contributed by atoms with Crippen molar-refractivity contribution in [3.63, 3.8) is 0 Å². The molecule has 0 saturated heterocycles. The third-order valence-corrected chi connectivity index (χ3v) is 4.40. The quantitative estimate of drug-likeness (QED) is 0.518. The molecule has 0 radical (unpaired) electrons. The van der Waals surface area contributed by atoms with Crippen LogP contribution in [-0.2, 0) is 6.42 Å². The maximum Gasteiger partial charge on any atom is 0.148 e. The second-order valence-corrected chi connectivity index (χ2v) is 5.77. The molecule has 0 atom stereocenters. The summed E-state index contributed by atoms with van der Waals surface area (Å²) in [6, 6.07) is 0. The standard InChI is InChI=1S/C14H23N5/c1-2-11-13(17-8-18-14(11)19-15)16-7-12(9-3-4-9)10-5-6-10/h8-10,12H,2-7,15H2,1H3,(H2,16,17,18,19). The van der Waals surface area contributed by atoms with Gasteiger partial charge < -0.3 is 10.7 Å². The van der Waals surface area contributed by atoms with E-state index >= 15 is 0 Å². The Hall–Kier alpha value is -1.36. The number of nitrogens with zero attached hydrogens (tertiary/aromatic N) is 2. The Morgan fingerprint density at radius 3 is 2.37 bits per heavy atom. The molecule has 1 aromatic heterocycles. The van der Waals surface area contributed by atoms with Gasteiger partial charge in [0.1, 0.15) is 18.0 Å². The Balaban J connectivity index is 1.68. The molecule has 1 aromatic rings. The van der Waals surface area contributed by atoms with Crippen LogP contribution in [0.1, 0.15) is 38.2 Å². The molecular formula is C14H23N5. The second-order valence-electron chi connectivity index (χ2n) is 5.77. The van der Waals surface area contributed by atoms with Crippen molar-refractivity contribution in [2.45, 2.75) is 39.0 Å². The van der Waals surface area contributed by atoms with E-state index in [-0.39, 0.29) is 0 Å². The van der Waals surface area contributed by atoms with E-state index in [9.17, 15) is 0 Å². The number of aromatic nitrogens is 2. The predicted octanol–water partition coefficient (Wildman–Crippen LogP) is 2.17. The van der Waals surface area contributed by atoms with E-state index in [1.807, 2.05) is 0 Å². The highest BCUT2D eigenvalue weighted by Gasteiger charge is 2.41. The molecule has 2 aliphatic rings. The highest BCUT2D eigenvalue weighted by Crippen LogP contribution is 2.49. The molecule has 0 aromatic carbocycles. The van der Waals surface area contributed by atoms with Crippen molar-refractivity contribution in [3.8, 4) is 0 Å². The summed E-state index contributed by atoms with van der Waals surface area (Å²) in [6.07, 6.45) is 8.12. The van der Waals surface area contributed by atoms with Crippen LogP contribution in [0, 0.1) is 17.8 Å². The van der Waals surface area contributed by atoms with E-state index in [1.165, 1.54) is 25.7 Å². The molecule has 2 fully saturated rings. The van der Waals surface area contributed by atoms with Crippen molar-refractivity contribution in [1.29, 1.82) is 0 Å². The van der Waals surface area contributed by atoms with Crippen LogP contribution in [0.4, 0.5) is 11.6 Å². The van der Waals surface area contributed by atoms with Gasteiger partial charge in [0, 0.05) is 12.1 Å². The minimum absolute atomic E-state index is 0.731. The van der Waals surface area contributed by atoms with Crippen LogP contribution < -0.4 is 16.6 Å². The highest BCUT2D eigenvalue weighted by molar-refractivity contribution is 5.56. The summed E-state index contributed by atoms with van der Waals surface area (Å²) in [6.45, 7) is 3.15. The molecule has 19 heavy (non-hydrogen) atoms. The van der Waals surface area contributed by atoms with Gasteiger partial charge in [-0.15, -0.1) is 0 Å². The summed E-state index contributed by atoms with van der Waals surface area (Å²) in [7, 11) is 0. The fraction of sp³-hybridized carbons (Fsp3) is 0.714. The lowest BCUT2D eigenvalue weighted by atomic mass is 9.98. The molecule has 5 nitrogen and oxygen atoms in total. The maximum atomic E-state index is 5.50. The Bertz CT molecular complexity index is 427. The van der Waals surface area contributed by atoms with Crippen LogP contribution in [-0.4, -0.2) is 16.5 Å². The number of rotatable bonds is 7. The summed E-state index contributed by atoms with van der Waals surface area (Å²) in [5.74, 6) is 9.93. The topological polar surface area (TPSA) is 75.9 Å². The number of nitrogens with two attached hydrogens (primary N) is 1. The molecule has 0 unspecified atom stereocenters. The van der Waals surface area contributed by atoms with Crippen molar-refractivity contribution < 1.29 is 0 Å². The SMILES string of the molecule is CCc1c(NN)ncnc1NCC(C1CC1)C1CC1. The van der Waals surface area contributed by atoms with E-state index in [2.05, 4.69) is 27.6 Å². The molecule has 2 aliphatic carbocycles. The van der Waals surface area contributed by atoms with Gasteiger partial charge in [0.2, 0.25) is 0 Å². The molecule has 1 heterocycles. The van der Waals surface area contributed by atoms with Crippen LogP contribution in [0.3, 0.4) is 0 Å². The van der Waals surface area contributed by atoms with Crippen molar-refractivity contribution in [1.82, 2.24) is 9.97 Å². The molecular weight excluding hydrogens is 238 g/mol. The van der Waals surface area contributed by atoms with Crippen LogP contribution in [0.25, 0.3) is 0 Å². The fourth-order valence-electron chi connectivity index (χ4n) is 3.01. The van der Waals surface area contributed by atoms with Crippen LogP contribution >= 0.6 is 0 Å². The third kappa shape index (κ3) is 2.81. The van der Waals surface area contributed by atoms with Gasteiger partial charge in [0.15, 0.2) is 0 Å².